The molecule has 3 atom stereocenters. The minimum atomic E-state index is -1.79. The van der Waals surface area contributed by atoms with E-state index in [-0.39, 0.29) is 44.9 Å². The molecule has 0 bridgehead atoms. The van der Waals surface area contributed by atoms with Gasteiger partial charge in [0.2, 0.25) is 11.4 Å². The molecule has 0 aromatic heterocycles. The number of phenolic OH excluding ortho intramolecular Hbond substituents is 2. The molecule has 0 fully saturated rings. The van der Waals surface area contributed by atoms with Crippen LogP contribution in [0.5, 0.6) is 23.0 Å². The molecule has 0 saturated heterocycles. The number of aryl methyl sites for hydroxylation is 2. The highest BCUT2D eigenvalue weighted by Crippen LogP contribution is 2.55. The minimum Gasteiger partial charge on any atom is -0.506 e. The van der Waals surface area contributed by atoms with Gasteiger partial charge in [-0.15, -0.1) is 0 Å². The maximum absolute atomic E-state index is 12.7. The molecule has 10 heteroatoms. The second-order valence-corrected chi connectivity index (χ2v) is 10.6. The van der Waals surface area contributed by atoms with E-state index in [0.717, 1.165) is 18.2 Å². The summed E-state index contributed by atoms with van der Waals surface area (Å²) in [5, 5.41) is 55.9. The van der Waals surface area contributed by atoms with Crippen LogP contribution in [0.25, 0.3) is 22.6 Å². The molecule has 0 radical (unpaired) electrons. The van der Waals surface area contributed by atoms with Crippen molar-refractivity contribution in [2.75, 3.05) is 0 Å². The molecule has 0 unspecified atom stereocenters. The van der Waals surface area contributed by atoms with E-state index < -0.39 is 57.7 Å². The number of carbonyl (C=O) groups is 3. The third-order valence-electron chi connectivity index (χ3n) is 8.07. The highest BCUT2D eigenvalue weighted by molar-refractivity contribution is 6.23. The third kappa shape index (κ3) is 2.99. The molecule has 4 aliphatic rings. The van der Waals surface area contributed by atoms with E-state index in [1.165, 1.54) is 32.1 Å². The van der Waals surface area contributed by atoms with Crippen LogP contribution in [0.2, 0.25) is 0 Å². The minimum absolute atomic E-state index is 0.00178. The summed E-state index contributed by atoms with van der Waals surface area (Å²) in [6.07, 6.45) is 3.19. The molecule has 0 saturated carbocycles. The van der Waals surface area contributed by atoms with Crippen molar-refractivity contribution in [3.05, 3.63) is 69.8 Å². The Morgan fingerprint density at radius 1 is 0.700 bits per heavy atom. The van der Waals surface area contributed by atoms with E-state index >= 15 is 0 Å². The molecule has 0 amide bonds. The Bertz CT molecular complexity index is 1750. The van der Waals surface area contributed by atoms with Gasteiger partial charge in [-0.25, -0.2) is 0 Å². The summed E-state index contributed by atoms with van der Waals surface area (Å²) in [4.78, 5) is 38.0. The lowest BCUT2D eigenvalue weighted by molar-refractivity contribution is -0.129. The van der Waals surface area contributed by atoms with Crippen molar-refractivity contribution < 1.29 is 49.4 Å². The Morgan fingerprint density at radius 2 is 1.20 bits per heavy atom. The first kappa shape index (κ1) is 25.4. The fraction of sp³-hybridized carbons (Fsp3) is 0.233. The molecule has 0 spiro atoms. The van der Waals surface area contributed by atoms with Crippen molar-refractivity contribution in [2.45, 2.75) is 45.0 Å². The van der Waals surface area contributed by atoms with Crippen LogP contribution in [0.1, 0.15) is 36.1 Å². The molecule has 2 aliphatic carbocycles. The lowest BCUT2D eigenvalue weighted by Crippen LogP contribution is -2.51. The maximum Gasteiger partial charge on any atom is 0.203 e. The zero-order valence-electron chi connectivity index (χ0n) is 21.8. The highest BCUT2D eigenvalue weighted by Gasteiger charge is 2.52. The monoisotopic (exact) mass is 544 g/mol. The van der Waals surface area contributed by atoms with Gasteiger partial charge in [-0.05, 0) is 75.3 Å². The maximum atomic E-state index is 12.7. The number of rotatable bonds is 1. The average Bonchev–Trinajstić information content (AvgIpc) is 2.85. The van der Waals surface area contributed by atoms with Gasteiger partial charge >= 0.3 is 0 Å². The summed E-state index contributed by atoms with van der Waals surface area (Å²) in [7, 11) is 0. The Kier molecular flexibility index (Phi) is 5.00. The van der Waals surface area contributed by atoms with Crippen LogP contribution in [-0.2, 0) is 14.4 Å². The van der Waals surface area contributed by atoms with Crippen molar-refractivity contribution >= 4 is 28.9 Å². The SMILES string of the molecule is Cc1cc2c(c(O)c1-c1c(C)cc3c(c1O)C(O)=C1C(=O)C=C[C@H](O)[C@]1(C)O3)C(O)=C1C(=O)C=CC(=O)[C@]1(C)O2. The third-order valence-corrected chi connectivity index (χ3v) is 8.07. The zero-order valence-corrected chi connectivity index (χ0v) is 21.8. The van der Waals surface area contributed by atoms with E-state index in [0.29, 0.717) is 11.1 Å². The van der Waals surface area contributed by atoms with Gasteiger partial charge < -0.3 is 35.0 Å². The average molecular weight is 545 g/mol. The summed E-state index contributed by atoms with van der Waals surface area (Å²) in [5.41, 5.74) is -3.60. The summed E-state index contributed by atoms with van der Waals surface area (Å²) in [5.74, 6) is -4.18. The number of hydrogen-bond acceptors (Lipinski definition) is 10. The number of aliphatic hydroxyl groups is 3. The topological polar surface area (TPSA) is 171 Å². The number of ether oxygens (including phenoxy) is 2. The van der Waals surface area contributed by atoms with Gasteiger partial charge in [0.15, 0.2) is 17.2 Å². The number of hydrogen-bond donors (Lipinski definition) is 5. The number of benzene rings is 2. The normalized spacial score (nSPS) is 26.6. The number of carbonyl (C=O) groups excluding carboxylic acids is 3. The summed E-state index contributed by atoms with van der Waals surface area (Å²) in [6.45, 7) is 6.01. The molecule has 2 heterocycles. The first-order valence-electron chi connectivity index (χ1n) is 12.4. The number of aromatic hydroxyl groups is 2. The van der Waals surface area contributed by atoms with Gasteiger partial charge in [0.05, 0.1) is 11.1 Å². The lowest BCUT2D eigenvalue weighted by Gasteiger charge is -2.41. The largest absolute Gasteiger partial charge is 0.506 e. The smallest absolute Gasteiger partial charge is 0.203 e. The van der Waals surface area contributed by atoms with Gasteiger partial charge in [-0.1, -0.05) is 0 Å². The molecule has 10 nitrogen and oxygen atoms in total. The first-order valence-corrected chi connectivity index (χ1v) is 12.4. The number of aliphatic hydroxyl groups excluding tert-OH is 3. The van der Waals surface area contributed by atoms with Crippen molar-refractivity contribution in [3.63, 3.8) is 0 Å². The van der Waals surface area contributed by atoms with Crippen LogP contribution < -0.4 is 9.47 Å². The van der Waals surface area contributed by atoms with Gasteiger partial charge in [-0.2, -0.15) is 0 Å². The number of phenols is 2. The quantitative estimate of drug-likeness (QED) is 0.358. The van der Waals surface area contributed by atoms with Crippen LogP contribution in [-0.4, -0.2) is 60.2 Å². The van der Waals surface area contributed by atoms with Gasteiger partial charge in [0.1, 0.15) is 51.7 Å². The van der Waals surface area contributed by atoms with Crippen molar-refractivity contribution in [3.8, 4) is 34.1 Å². The van der Waals surface area contributed by atoms with Crippen LogP contribution in [0, 0.1) is 13.8 Å². The van der Waals surface area contributed by atoms with Crippen LogP contribution in [0.15, 0.2) is 47.6 Å². The molecule has 5 N–H and O–H groups in total. The van der Waals surface area contributed by atoms with Gasteiger partial charge in [-0.3, -0.25) is 14.4 Å². The summed E-state index contributed by atoms with van der Waals surface area (Å²) in [6, 6.07) is 2.94. The molecular weight excluding hydrogens is 520 g/mol. The molecule has 2 aromatic carbocycles. The Morgan fingerprint density at radius 3 is 1.77 bits per heavy atom. The van der Waals surface area contributed by atoms with Crippen molar-refractivity contribution in [1.29, 1.82) is 0 Å². The second-order valence-electron chi connectivity index (χ2n) is 10.6. The predicted octanol–water partition coefficient (Wildman–Crippen LogP) is 3.43. The van der Waals surface area contributed by atoms with E-state index in [4.69, 9.17) is 9.47 Å². The second kappa shape index (κ2) is 7.86. The molecule has 6 rings (SSSR count). The van der Waals surface area contributed by atoms with E-state index in [2.05, 4.69) is 0 Å². The Labute approximate surface area is 227 Å². The molecule has 204 valence electrons. The first-order chi connectivity index (χ1) is 18.7. The van der Waals surface area contributed by atoms with Gasteiger partial charge in [0.25, 0.3) is 0 Å². The number of allylic oxidation sites excluding steroid dienone is 2. The Hall–Kier alpha value is -4.83. The fourth-order valence-corrected chi connectivity index (χ4v) is 5.98. The van der Waals surface area contributed by atoms with Crippen molar-refractivity contribution in [2.24, 2.45) is 0 Å². The standard InChI is InChI=1S/C30H24O10/c1-11-9-15-21(27(37)23-13(31)5-7-17(33)29(23,3)39-15)25(35)19(11)20-12(2)10-16-22(26(20)36)28(38)24-14(32)6-8-18(34)30(24,4)40-16/h5-10,17,33,35-38H,1-4H3/t17-,29-,30-/m0/s1. The molecule has 2 aliphatic heterocycles. The molecule has 2 aromatic rings. The van der Waals surface area contributed by atoms with Crippen molar-refractivity contribution in [1.82, 2.24) is 0 Å². The fourth-order valence-electron chi connectivity index (χ4n) is 5.98. The molecular formula is C30H24O10. The summed E-state index contributed by atoms with van der Waals surface area (Å²) < 4.78 is 11.9. The lowest BCUT2D eigenvalue weighted by atomic mass is 9.77. The van der Waals surface area contributed by atoms with E-state index in [9.17, 15) is 39.9 Å². The zero-order chi connectivity index (χ0) is 29.0. The van der Waals surface area contributed by atoms with Crippen LogP contribution in [0.4, 0.5) is 0 Å². The highest BCUT2D eigenvalue weighted by atomic mass is 16.5. The number of fused-ring (bicyclic) bond motifs is 4. The summed E-state index contributed by atoms with van der Waals surface area (Å²) >= 11 is 0. The van der Waals surface area contributed by atoms with E-state index in [1.54, 1.807) is 13.8 Å². The van der Waals surface area contributed by atoms with Crippen LogP contribution >= 0.6 is 0 Å². The molecule has 40 heavy (non-hydrogen) atoms. The number of ketones is 3. The van der Waals surface area contributed by atoms with Gasteiger partial charge in [0, 0.05) is 11.1 Å². The Balaban J connectivity index is 1.62. The van der Waals surface area contributed by atoms with E-state index in [1.807, 2.05) is 0 Å². The predicted molar refractivity (Wildman–Crippen MR) is 141 cm³/mol. The van der Waals surface area contributed by atoms with Crippen LogP contribution in [0.3, 0.4) is 0 Å².